The van der Waals surface area contributed by atoms with Crippen molar-refractivity contribution in [2.45, 2.75) is 25.3 Å². The van der Waals surface area contributed by atoms with Crippen molar-refractivity contribution >= 4 is 5.91 Å². The third kappa shape index (κ3) is 3.12. The third-order valence-electron chi connectivity index (χ3n) is 4.22. The van der Waals surface area contributed by atoms with Gasteiger partial charge in [-0.1, -0.05) is 12.1 Å². The minimum Gasteiger partial charge on any atom is -0.497 e. The Bertz CT molecular complexity index is 477. The second-order valence-electron chi connectivity index (χ2n) is 5.68. The quantitative estimate of drug-likeness (QED) is 0.835. The molecule has 1 heterocycles. The maximum atomic E-state index is 12.3. The molecule has 1 aromatic carbocycles. The summed E-state index contributed by atoms with van der Waals surface area (Å²) in [5.74, 6) is 1.04. The molecule has 0 aromatic heterocycles. The highest BCUT2D eigenvalue weighted by molar-refractivity contribution is 5.79. The number of piperazine rings is 1. The van der Waals surface area contributed by atoms with E-state index in [-0.39, 0.29) is 5.91 Å². The van der Waals surface area contributed by atoms with Gasteiger partial charge in [-0.15, -0.1) is 0 Å². The Morgan fingerprint density at radius 3 is 2.65 bits per heavy atom. The number of carbonyl (C=O) groups is 1. The Morgan fingerprint density at radius 2 is 2.00 bits per heavy atom. The fraction of sp³-hybridized carbons (Fsp3) is 0.562. The number of rotatable bonds is 4. The molecule has 108 valence electrons. The van der Waals surface area contributed by atoms with Crippen molar-refractivity contribution in [3.63, 3.8) is 0 Å². The Morgan fingerprint density at radius 1 is 1.25 bits per heavy atom. The minimum absolute atomic E-state index is 0.230. The number of hydrogen-bond donors (Lipinski definition) is 0. The summed E-state index contributed by atoms with van der Waals surface area (Å²) in [7, 11) is 1.65. The predicted octanol–water partition coefficient (Wildman–Crippen LogP) is 1.54. The van der Waals surface area contributed by atoms with Gasteiger partial charge in [0, 0.05) is 32.2 Å². The lowest BCUT2D eigenvalue weighted by Gasteiger charge is -2.34. The summed E-state index contributed by atoms with van der Waals surface area (Å²) in [5, 5.41) is 0. The molecule has 4 heteroatoms. The number of ether oxygens (including phenoxy) is 1. The summed E-state index contributed by atoms with van der Waals surface area (Å²) < 4.78 is 5.20. The maximum absolute atomic E-state index is 12.3. The highest BCUT2D eigenvalue weighted by atomic mass is 16.5. The van der Waals surface area contributed by atoms with Crippen LogP contribution in [0.25, 0.3) is 0 Å². The minimum atomic E-state index is 0.230. The molecule has 0 atom stereocenters. The van der Waals surface area contributed by atoms with Crippen LogP contribution >= 0.6 is 0 Å². The predicted molar refractivity (Wildman–Crippen MR) is 77.9 cm³/mol. The highest BCUT2D eigenvalue weighted by Gasteiger charge is 2.32. The van der Waals surface area contributed by atoms with Gasteiger partial charge in [0.05, 0.1) is 13.5 Å². The largest absolute Gasteiger partial charge is 0.497 e. The van der Waals surface area contributed by atoms with Gasteiger partial charge in [0.25, 0.3) is 0 Å². The van der Waals surface area contributed by atoms with E-state index in [0.717, 1.165) is 43.5 Å². The zero-order chi connectivity index (χ0) is 13.9. The first-order valence-corrected chi connectivity index (χ1v) is 7.41. The standard InChI is InChI=1S/C16H22N2O2/c1-20-15-4-2-3-13(11-15)12-16(19)18-9-7-17(8-10-18)14-5-6-14/h2-4,11,14H,5-10,12H2,1H3. The number of amides is 1. The average molecular weight is 274 g/mol. The molecule has 1 saturated carbocycles. The van der Waals surface area contributed by atoms with E-state index in [9.17, 15) is 4.79 Å². The normalized spacial score (nSPS) is 19.9. The molecule has 0 unspecified atom stereocenters. The molecule has 2 fully saturated rings. The van der Waals surface area contributed by atoms with Crippen LogP contribution in [-0.2, 0) is 11.2 Å². The molecule has 1 aromatic rings. The van der Waals surface area contributed by atoms with E-state index >= 15 is 0 Å². The smallest absolute Gasteiger partial charge is 0.227 e. The Hall–Kier alpha value is -1.55. The van der Waals surface area contributed by atoms with E-state index in [1.165, 1.54) is 12.8 Å². The zero-order valence-corrected chi connectivity index (χ0v) is 12.0. The lowest BCUT2D eigenvalue weighted by Crippen LogP contribution is -2.49. The lowest BCUT2D eigenvalue weighted by atomic mass is 10.1. The molecule has 0 radical (unpaired) electrons. The molecule has 3 rings (SSSR count). The molecule has 4 nitrogen and oxygen atoms in total. The molecule has 1 aliphatic heterocycles. The second kappa shape index (κ2) is 5.83. The summed E-state index contributed by atoms with van der Waals surface area (Å²) >= 11 is 0. The monoisotopic (exact) mass is 274 g/mol. The molecular formula is C16H22N2O2. The number of carbonyl (C=O) groups excluding carboxylic acids is 1. The van der Waals surface area contributed by atoms with Crippen molar-refractivity contribution < 1.29 is 9.53 Å². The van der Waals surface area contributed by atoms with Crippen molar-refractivity contribution in [1.29, 1.82) is 0 Å². The average Bonchev–Trinajstić information content (AvgIpc) is 3.32. The maximum Gasteiger partial charge on any atom is 0.227 e. The molecule has 0 N–H and O–H groups in total. The van der Waals surface area contributed by atoms with Crippen molar-refractivity contribution in [2.24, 2.45) is 0 Å². The van der Waals surface area contributed by atoms with Gasteiger partial charge in [-0.25, -0.2) is 0 Å². The van der Waals surface area contributed by atoms with Crippen LogP contribution in [0, 0.1) is 0 Å². The SMILES string of the molecule is COc1cccc(CC(=O)N2CCN(C3CC3)CC2)c1. The van der Waals surface area contributed by atoms with Gasteiger partial charge >= 0.3 is 0 Å². The van der Waals surface area contributed by atoms with Crippen LogP contribution < -0.4 is 4.74 Å². The van der Waals surface area contributed by atoms with Crippen molar-refractivity contribution in [2.75, 3.05) is 33.3 Å². The summed E-state index contributed by atoms with van der Waals surface area (Å²) in [5.41, 5.74) is 1.03. The van der Waals surface area contributed by atoms with Crippen LogP contribution in [-0.4, -0.2) is 55.0 Å². The van der Waals surface area contributed by atoms with Crippen LogP contribution in [0.4, 0.5) is 0 Å². The van der Waals surface area contributed by atoms with Gasteiger partial charge in [-0.05, 0) is 30.5 Å². The van der Waals surface area contributed by atoms with E-state index in [2.05, 4.69) is 4.90 Å². The van der Waals surface area contributed by atoms with Gasteiger partial charge in [-0.2, -0.15) is 0 Å². The number of hydrogen-bond acceptors (Lipinski definition) is 3. The Kier molecular flexibility index (Phi) is 3.92. The number of benzene rings is 1. The van der Waals surface area contributed by atoms with E-state index in [4.69, 9.17) is 4.74 Å². The fourth-order valence-electron chi connectivity index (χ4n) is 2.84. The zero-order valence-electron chi connectivity index (χ0n) is 12.0. The van der Waals surface area contributed by atoms with E-state index < -0.39 is 0 Å². The summed E-state index contributed by atoms with van der Waals surface area (Å²) in [6.45, 7) is 3.82. The van der Waals surface area contributed by atoms with Crippen LogP contribution in [0.3, 0.4) is 0 Å². The molecule has 2 aliphatic rings. The number of nitrogens with zero attached hydrogens (tertiary/aromatic N) is 2. The van der Waals surface area contributed by atoms with Crippen molar-refractivity contribution in [1.82, 2.24) is 9.80 Å². The summed E-state index contributed by atoms with van der Waals surface area (Å²) in [4.78, 5) is 16.8. The molecular weight excluding hydrogens is 252 g/mol. The lowest BCUT2D eigenvalue weighted by molar-refractivity contribution is -0.132. The molecule has 0 bridgehead atoms. The number of methoxy groups -OCH3 is 1. The van der Waals surface area contributed by atoms with Gasteiger partial charge in [0.1, 0.15) is 5.75 Å². The van der Waals surface area contributed by atoms with Crippen LogP contribution in [0.15, 0.2) is 24.3 Å². The molecule has 0 spiro atoms. The van der Waals surface area contributed by atoms with Gasteiger partial charge in [0.15, 0.2) is 0 Å². The summed E-state index contributed by atoms with van der Waals surface area (Å²) in [6.07, 6.45) is 3.16. The van der Waals surface area contributed by atoms with E-state index in [1.54, 1.807) is 7.11 Å². The highest BCUT2D eigenvalue weighted by Crippen LogP contribution is 2.27. The first kappa shape index (κ1) is 13.4. The Labute approximate surface area is 120 Å². The van der Waals surface area contributed by atoms with Gasteiger partial charge in [-0.3, -0.25) is 9.69 Å². The fourth-order valence-corrected chi connectivity index (χ4v) is 2.84. The van der Waals surface area contributed by atoms with Gasteiger partial charge in [0.2, 0.25) is 5.91 Å². The summed E-state index contributed by atoms with van der Waals surface area (Å²) in [6, 6.07) is 8.58. The van der Waals surface area contributed by atoms with E-state index in [0.29, 0.717) is 6.42 Å². The van der Waals surface area contributed by atoms with E-state index in [1.807, 2.05) is 29.2 Å². The topological polar surface area (TPSA) is 32.8 Å². The van der Waals surface area contributed by atoms with Crippen LogP contribution in [0.1, 0.15) is 18.4 Å². The van der Waals surface area contributed by atoms with Crippen molar-refractivity contribution in [3.8, 4) is 5.75 Å². The molecule has 1 amide bonds. The first-order valence-electron chi connectivity index (χ1n) is 7.41. The molecule has 1 aliphatic carbocycles. The van der Waals surface area contributed by atoms with Crippen LogP contribution in [0.2, 0.25) is 0 Å². The Balaban J connectivity index is 1.53. The second-order valence-corrected chi connectivity index (χ2v) is 5.68. The molecule has 20 heavy (non-hydrogen) atoms. The third-order valence-corrected chi connectivity index (χ3v) is 4.22. The first-order chi connectivity index (χ1) is 9.76. The van der Waals surface area contributed by atoms with Crippen LogP contribution in [0.5, 0.6) is 5.75 Å². The molecule has 1 saturated heterocycles. The van der Waals surface area contributed by atoms with Crippen molar-refractivity contribution in [3.05, 3.63) is 29.8 Å². The van der Waals surface area contributed by atoms with Gasteiger partial charge < -0.3 is 9.64 Å².